The van der Waals surface area contributed by atoms with Crippen LogP contribution in [0.25, 0.3) is 11.5 Å². The molecule has 0 spiro atoms. The lowest BCUT2D eigenvalue weighted by molar-refractivity contribution is 0.459. The van der Waals surface area contributed by atoms with Gasteiger partial charge in [-0.15, -0.1) is 10.2 Å². The maximum absolute atomic E-state index is 5.79. The Morgan fingerprint density at radius 2 is 1.54 bits per heavy atom. The van der Waals surface area contributed by atoms with E-state index in [1.165, 1.54) is 0 Å². The molecule has 0 saturated heterocycles. The molecule has 2 aromatic carbocycles. The first-order valence-corrected chi connectivity index (χ1v) is 8.47. The highest BCUT2D eigenvalue weighted by atomic mass is 16.4. The molecular weight excluding hydrogens is 324 g/mol. The molecule has 1 unspecified atom stereocenters. The van der Waals surface area contributed by atoms with Crippen LogP contribution in [-0.2, 0) is 6.54 Å². The van der Waals surface area contributed by atoms with Crippen molar-refractivity contribution in [3.05, 3.63) is 102 Å². The Hall–Kier alpha value is -3.31. The molecule has 0 aliphatic heterocycles. The van der Waals surface area contributed by atoms with E-state index >= 15 is 0 Å². The average molecular weight is 342 g/mol. The van der Waals surface area contributed by atoms with Crippen molar-refractivity contribution in [1.29, 1.82) is 0 Å². The first kappa shape index (κ1) is 16.2. The van der Waals surface area contributed by atoms with Gasteiger partial charge in [0.15, 0.2) is 0 Å². The molecule has 0 radical (unpaired) electrons. The molecule has 0 bridgehead atoms. The molecular formula is C21H18N4O. The third-order valence-electron chi connectivity index (χ3n) is 4.06. The van der Waals surface area contributed by atoms with E-state index in [1.807, 2.05) is 66.7 Å². The summed E-state index contributed by atoms with van der Waals surface area (Å²) in [5.74, 6) is 1.07. The van der Waals surface area contributed by atoms with Gasteiger partial charge in [-0.05, 0) is 29.8 Å². The van der Waals surface area contributed by atoms with Crippen LogP contribution in [-0.4, -0.2) is 15.2 Å². The summed E-state index contributed by atoms with van der Waals surface area (Å²) in [6.45, 7) is 0.454. The molecule has 4 aromatic rings. The number of hydrogen-bond donors (Lipinski definition) is 1. The fraction of sp³-hybridized carbons (Fsp3) is 0.0952. The molecule has 0 aliphatic rings. The zero-order valence-corrected chi connectivity index (χ0v) is 14.1. The summed E-state index contributed by atoms with van der Waals surface area (Å²) in [6, 6.07) is 25.8. The Morgan fingerprint density at radius 1 is 0.808 bits per heavy atom. The van der Waals surface area contributed by atoms with Gasteiger partial charge in [0.1, 0.15) is 0 Å². The van der Waals surface area contributed by atoms with Crippen molar-refractivity contribution in [2.45, 2.75) is 12.6 Å². The van der Waals surface area contributed by atoms with Gasteiger partial charge in [0.2, 0.25) is 11.8 Å². The SMILES string of the molecule is c1ccc(-c2nnc(CNC(c3ccccc3)c3ccccn3)o2)cc1. The van der Waals surface area contributed by atoms with E-state index in [9.17, 15) is 0 Å². The molecule has 1 N–H and O–H groups in total. The van der Waals surface area contributed by atoms with E-state index in [0.717, 1.165) is 16.8 Å². The predicted octanol–water partition coefficient (Wildman–Crippen LogP) is 4.01. The van der Waals surface area contributed by atoms with Gasteiger partial charge in [-0.3, -0.25) is 10.3 Å². The number of benzene rings is 2. The minimum Gasteiger partial charge on any atom is -0.419 e. The molecule has 5 heteroatoms. The Balaban J connectivity index is 1.53. The maximum Gasteiger partial charge on any atom is 0.247 e. The molecule has 26 heavy (non-hydrogen) atoms. The second-order valence-corrected chi connectivity index (χ2v) is 5.85. The monoisotopic (exact) mass is 342 g/mol. The highest BCUT2D eigenvalue weighted by Gasteiger charge is 2.16. The predicted molar refractivity (Wildman–Crippen MR) is 99.1 cm³/mol. The van der Waals surface area contributed by atoms with Crippen LogP contribution in [0, 0.1) is 0 Å². The van der Waals surface area contributed by atoms with Crippen LogP contribution >= 0.6 is 0 Å². The zero-order chi connectivity index (χ0) is 17.6. The van der Waals surface area contributed by atoms with E-state index in [-0.39, 0.29) is 6.04 Å². The van der Waals surface area contributed by atoms with Crippen LogP contribution in [0.5, 0.6) is 0 Å². The summed E-state index contributed by atoms with van der Waals surface area (Å²) >= 11 is 0. The van der Waals surface area contributed by atoms with E-state index < -0.39 is 0 Å². The largest absolute Gasteiger partial charge is 0.419 e. The van der Waals surface area contributed by atoms with Gasteiger partial charge < -0.3 is 4.42 Å². The summed E-state index contributed by atoms with van der Waals surface area (Å²) in [5.41, 5.74) is 2.99. The first-order valence-electron chi connectivity index (χ1n) is 8.47. The quantitative estimate of drug-likeness (QED) is 0.573. The maximum atomic E-state index is 5.79. The first-order chi connectivity index (χ1) is 12.9. The van der Waals surface area contributed by atoms with Crippen molar-refractivity contribution in [3.8, 4) is 11.5 Å². The van der Waals surface area contributed by atoms with Crippen LogP contribution in [0.1, 0.15) is 23.2 Å². The third-order valence-corrected chi connectivity index (χ3v) is 4.06. The van der Waals surface area contributed by atoms with Crippen molar-refractivity contribution >= 4 is 0 Å². The van der Waals surface area contributed by atoms with Gasteiger partial charge >= 0.3 is 0 Å². The second kappa shape index (κ2) is 7.72. The van der Waals surface area contributed by atoms with E-state index in [2.05, 4.69) is 32.6 Å². The smallest absolute Gasteiger partial charge is 0.247 e. The number of rotatable bonds is 6. The van der Waals surface area contributed by atoms with Crippen LogP contribution in [0.3, 0.4) is 0 Å². The van der Waals surface area contributed by atoms with E-state index in [0.29, 0.717) is 18.3 Å². The average Bonchev–Trinajstić information content (AvgIpc) is 3.20. The highest BCUT2D eigenvalue weighted by Crippen LogP contribution is 2.21. The molecule has 0 amide bonds. The number of nitrogens with zero attached hydrogens (tertiary/aromatic N) is 3. The van der Waals surface area contributed by atoms with Gasteiger partial charge in [0.05, 0.1) is 18.3 Å². The highest BCUT2D eigenvalue weighted by molar-refractivity contribution is 5.51. The molecule has 0 aliphatic carbocycles. The lowest BCUT2D eigenvalue weighted by Crippen LogP contribution is -2.23. The van der Waals surface area contributed by atoms with Crippen LogP contribution in [0.2, 0.25) is 0 Å². The normalized spacial score (nSPS) is 12.0. The van der Waals surface area contributed by atoms with Gasteiger partial charge in [0, 0.05) is 11.8 Å². The number of nitrogens with one attached hydrogen (secondary N) is 1. The van der Waals surface area contributed by atoms with Crippen LogP contribution in [0.4, 0.5) is 0 Å². The van der Waals surface area contributed by atoms with E-state index in [1.54, 1.807) is 6.20 Å². The van der Waals surface area contributed by atoms with Gasteiger partial charge in [-0.25, -0.2) is 0 Å². The molecule has 2 heterocycles. The molecule has 2 aromatic heterocycles. The second-order valence-electron chi connectivity index (χ2n) is 5.85. The molecule has 0 fully saturated rings. The van der Waals surface area contributed by atoms with Gasteiger partial charge in [0.25, 0.3) is 0 Å². The molecule has 0 saturated carbocycles. The zero-order valence-electron chi connectivity index (χ0n) is 14.1. The summed E-state index contributed by atoms with van der Waals surface area (Å²) in [5, 5.41) is 11.8. The van der Waals surface area contributed by atoms with Crippen LogP contribution < -0.4 is 5.32 Å². The Labute approximate surface area is 151 Å². The van der Waals surface area contributed by atoms with Crippen LogP contribution in [0.15, 0.2) is 89.5 Å². The Kier molecular flexibility index (Phi) is 4.80. The van der Waals surface area contributed by atoms with Crippen molar-refractivity contribution in [1.82, 2.24) is 20.5 Å². The molecule has 5 nitrogen and oxygen atoms in total. The van der Waals surface area contributed by atoms with Crippen molar-refractivity contribution in [2.24, 2.45) is 0 Å². The number of pyridine rings is 1. The molecule has 128 valence electrons. The Morgan fingerprint density at radius 3 is 2.27 bits per heavy atom. The van der Waals surface area contributed by atoms with Crippen molar-refractivity contribution in [3.63, 3.8) is 0 Å². The lowest BCUT2D eigenvalue weighted by atomic mass is 10.0. The summed E-state index contributed by atoms with van der Waals surface area (Å²) in [6.07, 6.45) is 1.80. The molecule has 4 rings (SSSR count). The minimum absolute atomic E-state index is 0.0514. The fourth-order valence-corrected chi connectivity index (χ4v) is 2.80. The van der Waals surface area contributed by atoms with Gasteiger partial charge in [-0.2, -0.15) is 0 Å². The number of aromatic nitrogens is 3. The standard InChI is InChI=1S/C21H18N4O/c1-3-9-16(10-4-1)20(18-13-7-8-14-22-18)23-15-19-24-25-21(26-19)17-11-5-2-6-12-17/h1-14,20,23H,15H2. The minimum atomic E-state index is -0.0514. The van der Waals surface area contributed by atoms with Gasteiger partial charge in [-0.1, -0.05) is 54.6 Å². The summed E-state index contributed by atoms with van der Waals surface area (Å²) < 4.78 is 5.79. The summed E-state index contributed by atoms with van der Waals surface area (Å²) in [7, 11) is 0. The number of hydrogen-bond acceptors (Lipinski definition) is 5. The Bertz CT molecular complexity index is 900. The van der Waals surface area contributed by atoms with Crippen molar-refractivity contribution in [2.75, 3.05) is 0 Å². The fourth-order valence-electron chi connectivity index (χ4n) is 2.80. The summed E-state index contributed by atoms with van der Waals surface area (Å²) in [4.78, 5) is 4.49. The third kappa shape index (κ3) is 3.68. The van der Waals surface area contributed by atoms with E-state index in [4.69, 9.17) is 4.42 Å². The van der Waals surface area contributed by atoms with Crippen molar-refractivity contribution < 1.29 is 4.42 Å². The topological polar surface area (TPSA) is 63.8 Å². The molecule has 1 atom stereocenters. The lowest BCUT2D eigenvalue weighted by Gasteiger charge is -2.17.